The molecule has 0 aromatic carbocycles. The fraction of sp³-hybridized carbons (Fsp3) is 0.375. The van der Waals surface area contributed by atoms with Crippen LogP contribution in [0.25, 0.3) is 0 Å². The van der Waals surface area contributed by atoms with Crippen LogP contribution >= 0.6 is 0 Å². The van der Waals surface area contributed by atoms with Gasteiger partial charge in [-0.15, -0.1) is 0 Å². The molecule has 1 aliphatic heterocycles. The maximum atomic E-state index is 9.46. The summed E-state index contributed by atoms with van der Waals surface area (Å²) in [5, 5.41) is 0. The molecule has 0 aliphatic carbocycles. The molecule has 4 heteroatoms. The van der Waals surface area contributed by atoms with Crippen LogP contribution in [0.1, 0.15) is 0 Å². The van der Waals surface area contributed by atoms with Crippen molar-refractivity contribution >= 4 is 6.47 Å². The number of carbonyl (C=O) groups excluding carboxylic acids is 1. The monoisotopic (exact) mass is 170 g/mol. The molecular formula is C8H10O4. The van der Waals surface area contributed by atoms with Crippen molar-refractivity contribution in [2.75, 3.05) is 13.2 Å². The predicted octanol–water partition coefficient (Wildman–Crippen LogP) is 0.838. The minimum Gasteiger partial charge on any atom is -0.473 e. The fourth-order valence-corrected chi connectivity index (χ4v) is 0.538. The molecule has 1 aromatic rings. The molecule has 1 aliphatic rings. The van der Waals surface area contributed by atoms with E-state index in [0.29, 0.717) is 13.1 Å². The molecular weight excluding hydrogens is 160 g/mol. The zero-order chi connectivity index (χ0) is 8.65. The van der Waals surface area contributed by atoms with E-state index in [1.807, 2.05) is 12.1 Å². The van der Waals surface area contributed by atoms with Gasteiger partial charge in [-0.05, 0) is 12.1 Å². The Balaban J connectivity index is 0.000000127. The van der Waals surface area contributed by atoms with Gasteiger partial charge in [0, 0.05) is 0 Å². The largest absolute Gasteiger partial charge is 0.473 e. The Morgan fingerprint density at radius 2 is 2.17 bits per heavy atom. The summed E-state index contributed by atoms with van der Waals surface area (Å²) in [7, 11) is 0. The van der Waals surface area contributed by atoms with Crippen LogP contribution in [0, 0.1) is 0 Å². The lowest BCUT2D eigenvalue weighted by Gasteiger charge is -1.86. The maximum absolute atomic E-state index is 9.46. The van der Waals surface area contributed by atoms with Gasteiger partial charge in [0.1, 0.15) is 12.7 Å². The van der Waals surface area contributed by atoms with Crippen molar-refractivity contribution in [2.24, 2.45) is 0 Å². The van der Waals surface area contributed by atoms with Crippen molar-refractivity contribution in [1.82, 2.24) is 0 Å². The van der Waals surface area contributed by atoms with Crippen LogP contribution in [-0.4, -0.2) is 25.8 Å². The summed E-state index contributed by atoms with van der Waals surface area (Å²) in [4.78, 5) is 9.46. The number of furan rings is 1. The van der Waals surface area contributed by atoms with E-state index in [1.165, 1.54) is 0 Å². The van der Waals surface area contributed by atoms with E-state index < -0.39 is 0 Å². The minimum absolute atomic E-state index is 0.199. The van der Waals surface area contributed by atoms with Gasteiger partial charge in [-0.25, -0.2) is 0 Å². The highest BCUT2D eigenvalue weighted by atomic mass is 16.6. The molecule has 0 spiro atoms. The Morgan fingerprint density at radius 1 is 1.50 bits per heavy atom. The Labute approximate surface area is 70.1 Å². The lowest BCUT2D eigenvalue weighted by molar-refractivity contribution is -0.129. The second-order valence-electron chi connectivity index (χ2n) is 2.18. The smallest absolute Gasteiger partial charge is 0.293 e. The van der Waals surface area contributed by atoms with Gasteiger partial charge in [0.25, 0.3) is 6.47 Å². The number of carbonyl (C=O) groups is 1. The second kappa shape index (κ2) is 5.37. The molecule has 1 unspecified atom stereocenters. The molecule has 1 fully saturated rings. The molecule has 2 rings (SSSR count). The van der Waals surface area contributed by atoms with Gasteiger partial charge >= 0.3 is 0 Å². The van der Waals surface area contributed by atoms with Crippen molar-refractivity contribution in [3.63, 3.8) is 0 Å². The number of ether oxygens (including phenoxy) is 2. The summed E-state index contributed by atoms with van der Waals surface area (Å²) in [6.07, 6.45) is 3.45. The minimum atomic E-state index is 0.199. The Kier molecular flexibility index (Phi) is 3.94. The van der Waals surface area contributed by atoms with Gasteiger partial charge in [-0.3, -0.25) is 4.79 Å². The number of rotatable bonds is 3. The lowest BCUT2D eigenvalue weighted by atomic mass is 10.5. The van der Waals surface area contributed by atoms with Crippen LogP contribution in [-0.2, 0) is 14.3 Å². The van der Waals surface area contributed by atoms with Crippen molar-refractivity contribution in [3.05, 3.63) is 24.7 Å². The van der Waals surface area contributed by atoms with Crippen LogP contribution in [0.5, 0.6) is 0 Å². The number of hydrogen-bond acceptors (Lipinski definition) is 4. The third kappa shape index (κ3) is 4.51. The average molecular weight is 170 g/mol. The standard InChI is InChI=1S/C4H6O3.C4H4O/c5-3-6-1-4-2-7-4;1-2-4-5-3-1/h3-4H,1-2H2;1-4H. The van der Waals surface area contributed by atoms with Gasteiger partial charge in [0.2, 0.25) is 0 Å². The van der Waals surface area contributed by atoms with Crippen molar-refractivity contribution < 1.29 is 18.7 Å². The van der Waals surface area contributed by atoms with E-state index in [9.17, 15) is 4.79 Å². The second-order valence-corrected chi connectivity index (χ2v) is 2.18. The van der Waals surface area contributed by atoms with Crippen LogP contribution in [0.2, 0.25) is 0 Å². The summed E-state index contributed by atoms with van der Waals surface area (Å²) < 4.78 is 13.7. The van der Waals surface area contributed by atoms with E-state index in [2.05, 4.69) is 9.15 Å². The summed E-state index contributed by atoms with van der Waals surface area (Å²) in [5.74, 6) is 0. The van der Waals surface area contributed by atoms with Crippen LogP contribution in [0.3, 0.4) is 0 Å². The Bertz CT molecular complexity index is 174. The van der Waals surface area contributed by atoms with Gasteiger partial charge in [0.15, 0.2) is 0 Å². The molecule has 1 saturated heterocycles. The third-order valence-electron chi connectivity index (χ3n) is 1.18. The Morgan fingerprint density at radius 3 is 2.50 bits per heavy atom. The van der Waals surface area contributed by atoms with Gasteiger partial charge < -0.3 is 13.9 Å². The van der Waals surface area contributed by atoms with Crippen molar-refractivity contribution in [3.8, 4) is 0 Å². The average Bonchev–Trinajstić information content (AvgIpc) is 2.71. The van der Waals surface area contributed by atoms with E-state index in [4.69, 9.17) is 4.74 Å². The summed E-state index contributed by atoms with van der Waals surface area (Å²) in [6, 6.07) is 3.67. The zero-order valence-electron chi connectivity index (χ0n) is 6.51. The fourth-order valence-electron chi connectivity index (χ4n) is 0.538. The molecule has 0 saturated carbocycles. The third-order valence-corrected chi connectivity index (χ3v) is 1.18. The van der Waals surface area contributed by atoms with Gasteiger partial charge in [-0.2, -0.15) is 0 Å². The summed E-state index contributed by atoms with van der Waals surface area (Å²) in [5.41, 5.74) is 0. The molecule has 1 atom stereocenters. The molecule has 0 N–H and O–H groups in total. The highest BCUT2D eigenvalue weighted by Crippen LogP contribution is 2.07. The SMILES string of the molecule is O=COCC1CO1.c1ccoc1. The van der Waals surface area contributed by atoms with E-state index in [-0.39, 0.29) is 6.10 Å². The van der Waals surface area contributed by atoms with Crippen LogP contribution in [0.15, 0.2) is 29.1 Å². The van der Waals surface area contributed by atoms with Crippen LogP contribution in [0.4, 0.5) is 0 Å². The molecule has 0 radical (unpaired) electrons. The van der Waals surface area contributed by atoms with Gasteiger partial charge in [0.05, 0.1) is 19.1 Å². The number of hydrogen-bond donors (Lipinski definition) is 0. The summed E-state index contributed by atoms with van der Waals surface area (Å²) >= 11 is 0. The molecule has 0 amide bonds. The molecule has 4 nitrogen and oxygen atoms in total. The van der Waals surface area contributed by atoms with E-state index in [1.54, 1.807) is 12.5 Å². The molecule has 12 heavy (non-hydrogen) atoms. The van der Waals surface area contributed by atoms with Gasteiger partial charge in [-0.1, -0.05) is 0 Å². The zero-order valence-corrected chi connectivity index (χ0v) is 6.51. The highest BCUT2D eigenvalue weighted by Gasteiger charge is 2.22. The Hall–Kier alpha value is -1.29. The first-order valence-corrected chi connectivity index (χ1v) is 3.57. The molecule has 0 bridgehead atoms. The molecule has 1 aromatic heterocycles. The molecule has 66 valence electrons. The lowest BCUT2D eigenvalue weighted by Crippen LogP contribution is -1.97. The maximum Gasteiger partial charge on any atom is 0.293 e. The highest BCUT2D eigenvalue weighted by molar-refractivity contribution is 5.36. The predicted molar refractivity (Wildman–Crippen MR) is 40.5 cm³/mol. The quantitative estimate of drug-likeness (QED) is 0.498. The number of epoxide rings is 1. The first-order chi connectivity index (χ1) is 5.93. The first-order valence-electron chi connectivity index (χ1n) is 3.57. The van der Waals surface area contributed by atoms with Crippen LogP contribution < -0.4 is 0 Å². The molecule has 2 heterocycles. The topological polar surface area (TPSA) is 52.0 Å². The normalized spacial score (nSPS) is 18.8. The first kappa shape index (κ1) is 8.80. The van der Waals surface area contributed by atoms with Crippen molar-refractivity contribution in [1.29, 1.82) is 0 Å². The summed E-state index contributed by atoms with van der Waals surface area (Å²) in [6.45, 7) is 1.60. The van der Waals surface area contributed by atoms with Crippen molar-refractivity contribution in [2.45, 2.75) is 6.10 Å². The van der Waals surface area contributed by atoms with E-state index in [0.717, 1.165) is 6.61 Å². The van der Waals surface area contributed by atoms with E-state index >= 15 is 0 Å².